The van der Waals surface area contributed by atoms with Crippen LogP contribution in [-0.2, 0) is 14.3 Å². The zero-order valence-corrected chi connectivity index (χ0v) is 12.7. The molecule has 4 heteroatoms. The minimum Gasteiger partial charge on any atom is -0.461 e. The maximum Gasteiger partial charge on any atom is 0.338 e. The summed E-state index contributed by atoms with van der Waals surface area (Å²) in [6, 6.07) is 9.02. The number of ether oxygens (including phenoxy) is 2. The number of Topliss-reactive ketones (excluding diaryl/α,β-unsaturated/α-hetero) is 1. The Morgan fingerprint density at radius 1 is 1.32 bits per heavy atom. The second kappa shape index (κ2) is 3.46. The van der Waals surface area contributed by atoms with E-state index in [4.69, 9.17) is 9.47 Å². The van der Waals surface area contributed by atoms with Crippen molar-refractivity contribution in [3.63, 3.8) is 0 Å². The number of rotatable bonds is 4. The molecule has 0 heterocycles. The number of methoxy groups -OCH3 is 1. The molecule has 5 rings (SSSR count). The van der Waals surface area contributed by atoms with Gasteiger partial charge in [0, 0.05) is 23.9 Å². The fourth-order valence-electron chi connectivity index (χ4n) is 6.54. The molecular weight excluding hydrogens is 280 g/mol. The van der Waals surface area contributed by atoms with Crippen LogP contribution in [0.25, 0.3) is 0 Å². The number of hydrogen-bond acceptors (Lipinski definition) is 4. The molecule has 0 N–H and O–H groups in total. The predicted molar refractivity (Wildman–Crippen MR) is 77.1 cm³/mol. The van der Waals surface area contributed by atoms with Crippen molar-refractivity contribution < 1.29 is 19.1 Å². The average molecular weight is 298 g/mol. The maximum absolute atomic E-state index is 12.5. The number of esters is 1. The van der Waals surface area contributed by atoms with Crippen LogP contribution in [0.2, 0.25) is 0 Å². The van der Waals surface area contributed by atoms with Gasteiger partial charge in [-0.2, -0.15) is 0 Å². The monoisotopic (exact) mass is 298 g/mol. The highest BCUT2D eigenvalue weighted by Crippen LogP contribution is 3.03. The second-order valence-electron chi connectivity index (χ2n) is 7.43. The summed E-state index contributed by atoms with van der Waals surface area (Å²) in [6.45, 7) is 2.41. The predicted octanol–water partition coefficient (Wildman–Crippen LogP) is 2.08. The van der Waals surface area contributed by atoms with Gasteiger partial charge in [-0.15, -0.1) is 0 Å². The number of hydrogen-bond donors (Lipinski definition) is 0. The number of carbonyl (C=O) groups is 2. The van der Waals surface area contributed by atoms with Crippen molar-refractivity contribution >= 4 is 11.8 Å². The lowest BCUT2D eigenvalue weighted by atomic mass is 9.34. The number of ketones is 1. The van der Waals surface area contributed by atoms with Gasteiger partial charge in [-0.25, -0.2) is 4.79 Å². The van der Waals surface area contributed by atoms with Crippen LogP contribution in [0.15, 0.2) is 30.3 Å². The second-order valence-corrected chi connectivity index (χ2v) is 7.43. The third-order valence-electron chi connectivity index (χ3n) is 7.21. The van der Waals surface area contributed by atoms with Gasteiger partial charge >= 0.3 is 5.97 Å². The van der Waals surface area contributed by atoms with Crippen LogP contribution in [0.3, 0.4) is 0 Å². The summed E-state index contributed by atoms with van der Waals surface area (Å²) in [5.41, 5.74) is 0.254. The molecule has 1 spiro atoms. The van der Waals surface area contributed by atoms with E-state index in [0.29, 0.717) is 23.9 Å². The molecule has 4 fully saturated rings. The lowest BCUT2D eigenvalue weighted by Crippen LogP contribution is -2.76. The summed E-state index contributed by atoms with van der Waals surface area (Å²) >= 11 is 0. The third-order valence-corrected chi connectivity index (χ3v) is 7.21. The molecule has 22 heavy (non-hydrogen) atoms. The first kappa shape index (κ1) is 12.8. The van der Waals surface area contributed by atoms with Crippen molar-refractivity contribution in [3.05, 3.63) is 35.9 Å². The molecule has 4 unspecified atom stereocenters. The lowest BCUT2D eigenvalue weighted by Gasteiger charge is -2.70. The Labute approximate surface area is 128 Å². The van der Waals surface area contributed by atoms with Crippen LogP contribution in [0.4, 0.5) is 0 Å². The van der Waals surface area contributed by atoms with Crippen molar-refractivity contribution in [1.82, 2.24) is 0 Å². The molecule has 114 valence electrons. The van der Waals surface area contributed by atoms with E-state index in [9.17, 15) is 9.59 Å². The number of benzene rings is 1. The first-order chi connectivity index (χ1) is 10.6. The van der Waals surface area contributed by atoms with E-state index in [0.717, 1.165) is 6.42 Å². The SMILES string of the molecule is COC1C2C[C@@]3(COC(=O)c4ccccc4)C4C(=O)[C@]1(C)C243. The minimum atomic E-state index is -0.325. The van der Waals surface area contributed by atoms with Crippen LogP contribution in [0.1, 0.15) is 23.7 Å². The van der Waals surface area contributed by atoms with Gasteiger partial charge in [0.2, 0.25) is 0 Å². The highest BCUT2D eigenvalue weighted by Gasteiger charge is 3.09. The van der Waals surface area contributed by atoms with Gasteiger partial charge in [0.1, 0.15) is 5.78 Å². The molecule has 4 aliphatic rings. The molecule has 4 saturated carbocycles. The fourth-order valence-corrected chi connectivity index (χ4v) is 6.54. The van der Waals surface area contributed by atoms with Crippen LogP contribution in [-0.4, -0.2) is 31.6 Å². The van der Waals surface area contributed by atoms with E-state index in [-0.39, 0.29) is 34.2 Å². The van der Waals surface area contributed by atoms with Gasteiger partial charge in [0.15, 0.2) is 0 Å². The van der Waals surface area contributed by atoms with E-state index >= 15 is 0 Å². The molecule has 0 bridgehead atoms. The summed E-state index contributed by atoms with van der Waals surface area (Å²) in [4.78, 5) is 24.6. The highest BCUT2D eigenvalue weighted by molar-refractivity contribution is 6.06. The first-order valence-corrected chi connectivity index (χ1v) is 7.85. The average Bonchev–Trinajstić information content (AvgIpc) is 3.09. The van der Waals surface area contributed by atoms with E-state index < -0.39 is 0 Å². The summed E-state index contributed by atoms with van der Waals surface area (Å²) < 4.78 is 11.1. The number of fused-ring (bicyclic) bond motifs is 1. The Hall–Kier alpha value is -1.68. The molecule has 0 aliphatic heterocycles. The van der Waals surface area contributed by atoms with Gasteiger partial charge in [0.25, 0.3) is 0 Å². The minimum absolute atomic E-state index is 0.0664. The van der Waals surface area contributed by atoms with Crippen LogP contribution in [0, 0.1) is 28.1 Å². The Balaban J connectivity index is 1.34. The van der Waals surface area contributed by atoms with Gasteiger partial charge in [-0.3, -0.25) is 4.79 Å². The van der Waals surface area contributed by atoms with E-state index in [1.54, 1.807) is 19.2 Å². The summed E-state index contributed by atoms with van der Waals surface area (Å²) in [5.74, 6) is 0.632. The third kappa shape index (κ3) is 0.919. The molecule has 0 radical (unpaired) electrons. The van der Waals surface area contributed by atoms with E-state index in [1.165, 1.54) is 0 Å². The quantitative estimate of drug-likeness (QED) is 0.799. The molecule has 1 aromatic carbocycles. The topological polar surface area (TPSA) is 52.6 Å². The largest absolute Gasteiger partial charge is 0.461 e. The fraction of sp³-hybridized carbons (Fsp3) is 0.556. The molecule has 4 nitrogen and oxygen atoms in total. The Bertz CT molecular complexity index is 713. The van der Waals surface area contributed by atoms with Crippen molar-refractivity contribution in [2.75, 3.05) is 13.7 Å². The van der Waals surface area contributed by atoms with Crippen molar-refractivity contribution in [2.24, 2.45) is 28.1 Å². The lowest BCUT2D eigenvalue weighted by molar-refractivity contribution is -0.277. The van der Waals surface area contributed by atoms with Crippen LogP contribution < -0.4 is 0 Å². The molecular formula is C18H18O4. The zero-order valence-electron chi connectivity index (χ0n) is 12.7. The van der Waals surface area contributed by atoms with Gasteiger partial charge in [-0.05, 0) is 31.4 Å². The molecule has 0 saturated heterocycles. The summed E-state index contributed by atoms with van der Waals surface area (Å²) in [6.07, 6.45) is 1.02. The van der Waals surface area contributed by atoms with Gasteiger partial charge in [0.05, 0.1) is 23.7 Å². The maximum atomic E-state index is 12.5. The van der Waals surface area contributed by atoms with Gasteiger partial charge in [-0.1, -0.05) is 18.2 Å². The normalized spacial score (nSPS) is 49.0. The first-order valence-electron chi connectivity index (χ1n) is 7.85. The molecule has 4 aliphatic carbocycles. The van der Waals surface area contributed by atoms with Gasteiger partial charge < -0.3 is 9.47 Å². The molecule has 0 aromatic heterocycles. The summed E-state index contributed by atoms with van der Waals surface area (Å²) in [7, 11) is 1.70. The van der Waals surface area contributed by atoms with Crippen LogP contribution in [0.5, 0.6) is 0 Å². The zero-order chi connectivity index (χ0) is 15.3. The van der Waals surface area contributed by atoms with Crippen molar-refractivity contribution in [2.45, 2.75) is 19.4 Å². The standard InChI is InChI=1S/C18H18O4/c1-16-13(19)12-17(8-11(14(16)21-2)18(12,16)17)9-22-15(20)10-6-4-3-5-7-10/h3-7,11-12,14H,8-9H2,1-2H3/t11?,12?,14?,16-,17+,18?/m0/s1. The Kier molecular flexibility index (Phi) is 2.01. The van der Waals surface area contributed by atoms with Crippen molar-refractivity contribution in [1.29, 1.82) is 0 Å². The Morgan fingerprint density at radius 2 is 2.05 bits per heavy atom. The Morgan fingerprint density at radius 3 is 2.73 bits per heavy atom. The molecule has 0 amide bonds. The van der Waals surface area contributed by atoms with Crippen molar-refractivity contribution in [3.8, 4) is 0 Å². The summed E-state index contributed by atoms with van der Waals surface area (Å²) in [5, 5.41) is 0. The van der Waals surface area contributed by atoms with E-state index in [1.807, 2.05) is 25.1 Å². The molecule has 1 aromatic rings. The molecule has 6 atom stereocenters. The smallest absolute Gasteiger partial charge is 0.338 e. The van der Waals surface area contributed by atoms with Crippen LogP contribution >= 0.6 is 0 Å². The van der Waals surface area contributed by atoms with E-state index in [2.05, 4.69) is 0 Å². The highest BCUT2D eigenvalue weighted by atomic mass is 16.5. The number of carbonyl (C=O) groups excluding carboxylic acids is 2.